The second kappa shape index (κ2) is 6.50. The maximum Gasteiger partial charge on any atom is 0.171 e. The molecule has 1 aromatic heterocycles. The Kier molecular flexibility index (Phi) is 4.45. The number of nitrogens with one attached hydrogen (secondary N) is 1. The van der Waals surface area contributed by atoms with Gasteiger partial charge in [-0.2, -0.15) is 0 Å². The number of rotatable bonds is 5. The van der Waals surface area contributed by atoms with Gasteiger partial charge in [0, 0.05) is 17.6 Å². The van der Waals surface area contributed by atoms with E-state index in [4.69, 9.17) is 9.47 Å². The summed E-state index contributed by atoms with van der Waals surface area (Å²) in [6, 6.07) is 7.84. The fourth-order valence-corrected chi connectivity index (χ4v) is 2.62. The lowest BCUT2D eigenvalue weighted by Gasteiger charge is -2.28. The van der Waals surface area contributed by atoms with Crippen LogP contribution in [0.2, 0.25) is 0 Å². The minimum absolute atomic E-state index is 0.120. The molecule has 0 bridgehead atoms. The van der Waals surface area contributed by atoms with Crippen molar-refractivity contribution in [2.24, 2.45) is 0 Å². The molecule has 22 heavy (non-hydrogen) atoms. The van der Waals surface area contributed by atoms with Gasteiger partial charge in [-0.3, -0.25) is 10.3 Å². The van der Waals surface area contributed by atoms with E-state index in [2.05, 4.69) is 10.3 Å². The first-order chi connectivity index (χ1) is 10.7. The third-order valence-electron chi connectivity index (χ3n) is 3.78. The lowest BCUT2D eigenvalue weighted by molar-refractivity contribution is 0.0646. The number of aliphatic hydroxyl groups is 1. The molecular formula is C17H22N2O3. The highest BCUT2D eigenvalue weighted by atomic mass is 16.6. The average Bonchev–Trinajstić information content (AvgIpc) is 2.52. The first-order valence-corrected chi connectivity index (χ1v) is 7.78. The summed E-state index contributed by atoms with van der Waals surface area (Å²) in [5.41, 5.74) is 1.88. The maximum absolute atomic E-state index is 9.76. The molecule has 0 amide bonds. The van der Waals surface area contributed by atoms with E-state index in [1.54, 1.807) is 0 Å². The number of hydrogen-bond donors (Lipinski definition) is 2. The Morgan fingerprint density at radius 2 is 2.23 bits per heavy atom. The average molecular weight is 302 g/mol. The first kappa shape index (κ1) is 15.1. The fraction of sp³-hybridized carbons (Fsp3) is 0.471. The van der Waals surface area contributed by atoms with Crippen LogP contribution in [0.25, 0.3) is 10.9 Å². The summed E-state index contributed by atoms with van der Waals surface area (Å²) in [7, 11) is 0. The second-order valence-corrected chi connectivity index (χ2v) is 5.68. The highest BCUT2D eigenvalue weighted by molar-refractivity contribution is 5.88. The molecule has 2 N–H and O–H groups in total. The van der Waals surface area contributed by atoms with Crippen molar-refractivity contribution in [3.63, 3.8) is 0 Å². The van der Waals surface area contributed by atoms with Gasteiger partial charge in [-0.1, -0.05) is 13.3 Å². The van der Waals surface area contributed by atoms with Crippen LogP contribution in [0.4, 0.5) is 0 Å². The number of aliphatic hydroxyl groups excluding tert-OH is 1. The summed E-state index contributed by atoms with van der Waals surface area (Å²) < 4.78 is 11.9. The molecule has 2 aromatic rings. The van der Waals surface area contributed by atoms with Crippen molar-refractivity contribution in [3.8, 4) is 11.5 Å². The summed E-state index contributed by atoms with van der Waals surface area (Å²) in [6.45, 7) is 5.04. The Labute approximate surface area is 130 Å². The van der Waals surface area contributed by atoms with Crippen LogP contribution < -0.4 is 14.8 Å². The molecule has 1 unspecified atom stereocenters. The number of fused-ring (bicyclic) bond motifs is 3. The van der Waals surface area contributed by atoms with Crippen molar-refractivity contribution in [1.29, 1.82) is 0 Å². The zero-order chi connectivity index (χ0) is 15.5. The molecule has 1 aliphatic rings. The lowest BCUT2D eigenvalue weighted by atomic mass is 10.1. The van der Waals surface area contributed by atoms with Gasteiger partial charge in [0.05, 0.1) is 5.52 Å². The van der Waals surface area contributed by atoms with E-state index >= 15 is 0 Å². The molecule has 1 aliphatic heterocycles. The van der Waals surface area contributed by atoms with Crippen LogP contribution in [0.15, 0.2) is 24.3 Å². The first-order valence-electron chi connectivity index (χ1n) is 7.78. The van der Waals surface area contributed by atoms with Gasteiger partial charge in [0.25, 0.3) is 0 Å². The summed E-state index contributed by atoms with van der Waals surface area (Å²) in [4.78, 5) is 4.52. The van der Waals surface area contributed by atoms with Crippen molar-refractivity contribution in [3.05, 3.63) is 30.0 Å². The van der Waals surface area contributed by atoms with Gasteiger partial charge < -0.3 is 14.6 Å². The Morgan fingerprint density at radius 1 is 1.36 bits per heavy atom. The molecule has 5 nitrogen and oxygen atoms in total. The van der Waals surface area contributed by atoms with Crippen LogP contribution in [-0.2, 0) is 0 Å². The van der Waals surface area contributed by atoms with Crippen LogP contribution in [0.5, 0.6) is 11.5 Å². The van der Waals surface area contributed by atoms with E-state index in [-0.39, 0.29) is 6.10 Å². The third-order valence-corrected chi connectivity index (χ3v) is 3.78. The van der Waals surface area contributed by atoms with E-state index in [9.17, 15) is 5.11 Å². The predicted octanol–water partition coefficient (Wildman–Crippen LogP) is 2.39. The molecule has 3 rings (SSSR count). The molecule has 5 heteroatoms. The molecule has 2 heterocycles. The van der Waals surface area contributed by atoms with Crippen molar-refractivity contribution >= 4 is 10.9 Å². The van der Waals surface area contributed by atoms with Crippen molar-refractivity contribution in [2.75, 3.05) is 13.2 Å². The Bertz CT molecular complexity index is 660. The monoisotopic (exact) mass is 302 g/mol. The van der Waals surface area contributed by atoms with Gasteiger partial charge >= 0.3 is 0 Å². The highest BCUT2D eigenvalue weighted by Crippen LogP contribution is 2.38. The van der Waals surface area contributed by atoms with E-state index in [0.29, 0.717) is 13.2 Å². The van der Waals surface area contributed by atoms with E-state index < -0.39 is 6.23 Å². The molecule has 2 atom stereocenters. The molecule has 0 aliphatic carbocycles. The number of ether oxygens (including phenoxy) is 2. The lowest BCUT2D eigenvalue weighted by Crippen LogP contribution is -2.42. The number of nitrogens with zero attached hydrogens (tertiary/aromatic N) is 1. The predicted molar refractivity (Wildman–Crippen MR) is 85.3 cm³/mol. The van der Waals surface area contributed by atoms with Gasteiger partial charge in [0.2, 0.25) is 0 Å². The Morgan fingerprint density at radius 3 is 3.05 bits per heavy atom. The number of hydrogen-bond acceptors (Lipinski definition) is 5. The molecular weight excluding hydrogens is 280 g/mol. The van der Waals surface area contributed by atoms with Crippen LogP contribution in [0.1, 0.15) is 25.5 Å². The number of benzene rings is 1. The summed E-state index contributed by atoms with van der Waals surface area (Å²) in [5.74, 6) is 1.50. The van der Waals surface area contributed by atoms with Gasteiger partial charge in [0.15, 0.2) is 11.5 Å². The molecule has 0 saturated heterocycles. The van der Waals surface area contributed by atoms with E-state index in [0.717, 1.165) is 40.9 Å². The van der Waals surface area contributed by atoms with Crippen molar-refractivity contribution in [2.45, 2.75) is 39.0 Å². The molecule has 118 valence electrons. The van der Waals surface area contributed by atoms with Crippen molar-refractivity contribution in [1.82, 2.24) is 10.3 Å². The van der Waals surface area contributed by atoms with Crippen LogP contribution in [0.3, 0.4) is 0 Å². The number of aromatic nitrogens is 1. The zero-order valence-corrected chi connectivity index (χ0v) is 13.0. The number of aryl methyl sites for hydroxylation is 1. The highest BCUT2D eigenvalue weighted by Gasteiger charge is 2.23. The van der Waals surface area contributed by atoms with Crippen LogP contribution in [-0.4, -0.2) is 35.6 Å². The quantitative estimate of drug-likeness (QED) is 0.830. The van der Waals surface area contributed by atoms with Crippen molar-refractivity contribution < 1.29 is 14.6 Å². The van der Waals surface area contributed by atoms with E-state index in [1.165, 1.54) is 0 Å². The third kappa shape index (κ3) is 3.15. The molecule has 0 spiro atoms. The zero-order valence-electron chi connectivity index (χ0n) is 13.0. The molecule has 0 fully saturated rings. The van der Waals surface area contributed by atoms with Gasteiger partial charge in [-0.05, 0) is 37.6 Å². The Balaban J connectivity index is 1.76. The minimum atomic E-state index is -0.494. The molecule has 0 radical (unpaired) electrons. The summed E-state index contributed by atoms with van der Waals surface area (Å²) in [6.07, 6.45) is 1.06. The SMILES string of the molecule is CCCC(O)NC[C@H]1COc2ccc3nc(C)ccc3c2O1. The van der Waals surface area contributed by atoms with Gasteiger partial charge in [0.1, 0.15) is 18.9 Å². The van der Waals surface area contributed by atoms with Crippen LogP contribution in [0, 0.1) is 6.92 Å². The second-order valence-electron chi connectivity index (χ2n) is 5.68. The molecule has 1 aromatic carbocycles. The maximum atomic E-state index is 9.76. The summed E-state index contributed by atoms with van der Waals surface area (Å²) in [5, 5.41) is 13.8. The summed E-state index contributed by atoms with van der Waals surface area (Å²) >= 11 is 0. The standard InChI is InChI=1S/C17H22N2O3/c1-3-4-16(20)18-9-12-10-21-15-8-7-14-13(17(15)22-12)6-5-11(2)19-14/h5-8,12,16,18,20H,3-4,9-10H2,1-2H3/t12-,16?/m0/s1. The topological polar surface area (TPSA) is 63.6 Å². The Hall–Kier alpha value is -1.85. The van der Waals surface area contributed by atoms with Crippen LogP contribution >= 0.6 is 0 Å². The van der Waals surface area contributed by atoms with E-state index in [1.807, 2.05) is 38.1 Å². The van der Waals surface area contributed by atoms with Gasteiger partial charge in [-0.15, -0.1) is 0 Å². The van der Waals surface area contributed by atoms with Gasteiger partial charge in [-0.25, -0.2) is 0 Å². The number of pyridine rings is 1. The smallest absolute Gasteiger partial charge is 0.171 e. The largest absolute Gasteiger partial charge is 0.486 e. The molecule has 0 saturated carbocycles. The normalized spacial score (nSPS) is 18.4. The minimum Gasteiger partial charge on any atom is -0.486 e. The fourth-order valence-electron chi connectivity index (χ4n) is 2.62.